The predicted octanol–water partition coefficient (Wildman–Crippen LogP) is 4.84. The Bertz CT molecular complexity index is 1380. The van der Waals surface area contributed by atoms with Gasteiger partial charge in [-0.2, -0.15) is 13.2 Å². The van der Waals surface area contributed by atoms with Gasteiger partial charge in [-0.25, -0.2) is 8.42 Å². The van der Waals surface area contributed by atoms with E-state index in [-0.39, 0.29) is 16.3 Å². The number of allylic oxidation sites excluding steroid dienone is 1. The molecule has 2 aromatic rings. The number of alkyl halides is 3. The highest BCUT2D eigenvalue weighted by Gasteiger charge is 2.42. The molecule has 196 valence electrons. The van der Waals surface area contributed by atoms with Crippen LogP contribution in [0.25, 0.3) is 0 Å². The summed E-state index contributed by atoms with van der Waals surface area (Å²) >= 11 is 0. The van der Waals surface area contributed by atoms with Crippen molar-refractivity contribution in [1.82, 2.24) is 5.32 Å². The number of sulfone groups is 1. The van der Waals surface area contributed by atoms with Crippen molar-refractivity contribution in [2.75, 3.05) is 18.6 Å². The Morgan fingerprint density at radius 2 is 1.78 bits per heavy atom. The van der Waals surface area contributed by atoms with E-state index < -0.39 is 39.6 Å². The fraction of sp³-hybridized carbons (Fsp3) is 0.360. The van der Waals surface area contributed by atoms with E-state index in [4.69, 9.17) is 5.73 Å². The van der Waals surface area contributed by atoms with E-state index in [1.54, 1.807) is 31.5 Å². The van der Waals surface area contributed by atoms with Crippen molar-refractivity contribution in [3.8, 4) is 0 Å². The highest BCUT2D eigenvalue weighted by atomic mass is 32.2. The molecule has 0 saturated carbocycles. The van der Waals surface area contributed by atoms with Crippen molar-refractivity contribution in [2.24, 2.45) is 5.73 Å². The Kier molecular flexibility index (Phi) is 7.57. The molecule has 0 fully saturated rings. The summed E-state index contributed by atoms with van der Waals surface area (Å²) in [5.41, 5.74) is 4.92. The number of aryl methyl sites for hydroxylation is 1. The standard InChI is InChI=1S/C25H31F3N3O3PS/c1-6-17-13-18(35(4,5)32)11-12-19(17)24(29)14-22(20(15-30-24)25(26,27)28)31-21-9-7-8-10-23(21)36(33,34)16(2)3/h7-16,30-31H,6,29H2,1-5H3. The molecule has 2 aromatic carbocycles. The van der Waals surface area contributed by atoms with Gasteiger partial charge in [-0.05, 0) is 69.0 Å². The SMILES string of the molecule is CCc1cc(P(C)(C)=O)ccc1C1(N)C=C(Nc2ccccc2S(=O)(=O)C(C)C)C(C(F)(F)F)=CN1. The lowest BCUT2D eigenvalue weighted by Gasteiger charge is -2.35. The molecule has 1 heterocycles. The summed E-state index contributed by atoms with van der Waals surface area (Å²) in [6.45, 7) is 8.16. The average molecular weight is 542 g/mol. The maximum absolute atomic E-state index is 14.0. The van der Waals surface area contributed by atoms with Gasteiger partial charge in [0, 0.05) is 11.5 Å². The number of hydrogen-bond acceptors (Lipinski definition) is 6. The van der Waals surface area contributed by atoms with Crippen LogP contribution >= 0.6 is 7.14 Å². The minimum Gasteiger partial charge on any atom is -0.366 e. The normalized spacial score (nSPS) is 18.9. The van der Waals surface area contributed by atoms with Gasteiger partial charge in [-0.1, -0.05) is 31.2 Å². The fourth-order valence-electron chi connectivity index (χ4n) is 3.94. The second kappa shape index (κ2) is 9.72. The van der Waals surface area contributed by atoms with E-state index in [9.17, 15) is 26.2 Å². The number of nitrogens with two attached hydrogens (primary N) is 1. The van der Waals surface area contributed by atoms with Gasteiger partial charge in [0.2, 0.25) is 0 Å². The van der Waals surface area contributed by atoms with Gasteiger partial charge in [-0.3, -0.25) is 0 Å². The van der Waals surface area contributed by atoms with Crippen molar-refractivity contribution >= 4 is 28.0 Å². The van der Waals surface area contributed by atoms with E-state index in [2.05, 4.69) is 10.6 Å². The molecule has 0 aromatic heterocycles. The van der Waals surface area contributed by atoms with Gasteiger partial charge in [0.1, 0.15) is 12.8 Å². The maximum atomic E-state index is 14.0. The first kappa shape index (κ1) is 28.0. The quantitative estimate of drug-likeness (QED) is 0.434. The maximum Gasteiger partial charge on any atom is 0.419 e. The number of nitrogens with one attached hydrogen (secondary N) is 2. The molecule has 0 aliphatic carbocycles. The van der Waals surface area contributed by atoms with E-state index >= 15 is 0 Å². The van der Waals surface area contributed by atoms with Crippen LogP contribution in [0.1, 0.15) is 31.9 Å². The lowest BCUT2D eigenvalue weighted by atomic mass is 9.90. The van der Waals surface area contributed by atoms with Gasteiger partial charge >= 0.3 is 6.18 Å². The Balaban J connectivity index is 2.17. The first-order valence-corrected chi connectivity index (χ1v) is 15.5. The summed E-state index contributed by atoms with van der Waals surface area (Å²) < 4.78 is 80.2. The number of dihydropyridines is 1. The third kappa shape index (κ3) is 5.56. The van der Waals surface area contributed by atoms with Crippen LogP contribution in [0, 0.1) is 0 Å². The van der Waals surface area contributed by atoms with Crippen molar-refractivity contribution in [1.29, 1.82) is 0 Å². The zero-order valence-corrected chi connectivity index (χ0v) is 22.5. The van der Waals surface area contributed by atoms with Crippen molar-refractivity contribution in [3.63, 3.8) is 0 Å². The van der Waals surface area contributed by atoms with E-state index in [0.29, 0.717) is 17.3 Å². The summed E-state index contributed by atoms with van der Waals surface area (Å²) in [4.78, 5) is -0.108. The molecule has 36 heavy (non-hydrogen) atoms. The van der Waals surface area contributed by atoms with Crippen LogP contribution in [-0.4, -0.2) is 33.2 Å². The molecule has 0 spiro atoms. The van der Waals surface area contributed by atoms with E-state index in [1.807, 2.05) is 6.92 Å². The molecule has 1 unspecified atom stereocenters. The number of rotatable bonds is 7. The topological polar surface area (TPSA) is 101 Å². The Morgan fingerprint density at radius 3 is 2.33 bits per heavy atom. The van der Waals surface area contributed by atoms with E-state index in [1.165, 1.54) is 44.2 Å². The predicted molar refractivity (Wildman–Crippen MR) is 139 cm³/mol. The number of anilines is 1. The highest BCUT2D eigenvalue weighted by Crippen LogP contribution is 2.39. The average Bonchev–Trinajstić information content (AvgIpc) is 2.77. The molecule has 3 rings (SSSR count). The highest BCUT2D eigenvalue weighted by molar-refractivity contribution is 7.92. The third-order valence-corrected chi connectivity index (χ3v) is 9.78. The summed E-state index contributed by atoms with van der Waals surface area (Å²) in [6, 6.07) is 10.9. The van der Waals surface area contributed by atoms with Crippen LogP contribution < -0.4 is 21.7 Å². The zero-order valence-electron chi connectivity index (χ0n) is 20.8. The molecule has 0 saturated heterocycles. The second-order valence-electron chi connectivity index (χ2n) is 9.39. The molecular weight excluding hydrogens is 510 g/mol. The van der Waals surface area contributed by atoms with Gasteiger partial charge < -0.3 is 20.9 Å². The number of benzene rings is 2. The van der Waals surface area contributed by atoms with Gasteiger partial charge in [0.25, 0.3) is 0 Å². The molecule has 4 N–H and O–H groups in total. The Morgan fingerprint density at radius 1 is 1.14 bits per heavy atom. The molecular formula is C25H31F3N3O3PS. The summed E-state index contributed by atoms with van der Waals surface area (Å²) in [6.07, 6.45) is -2.24. The lowest BCUT2D eigenvalue weighted by molar-refractivity contribution is -0.0900. The van der Waals surface area contributed by atoms with Crippen LogP contribution in [0.15, 0.2) is 70.9 Å². The lowest BCUT2D eigenvalue weighted by Crippen LogP contribution is -2.50. The number of hydrogen-bond donors (Lipinski definition) is 3. The molecule has 0 bridgehead atoms. The minimum atomic E-state index is -4.74. The fourth-order valence-corrected chi connectivity index (χ4v) is 6.04. The Hall–Kier alpha value is -2.55. The number of halogens is 3. The molecule has 0 radical (unpaired) electrons. The largest absolute Gasteiger partial charge is 0.419 e. The van der Waals surface area contributed by atoms with Crippen LogP contribution in [0.5, 0.6) is 0 Å². The third-order valence-electron chi connectivity index (χ3n) is 6.04. The summed E-state index contributed by atoms with van der Waals surface area (Å²) in [7, 11) is -6.35. The number of para-hydroxylation sites is 1. The van der Waals surface area contributed by atoms with Crippen LogP contribution in [0.4, 0.5) is 18.9 Å². The first-order valence-electron chi connectivity index (χ1n) is 11.4. The van der Waals surface area contributed by atoms with Gasteiger partial charge in [-0.15, -0.1) is 0 Å². The zero-order chi connectivity index (χ0) is 27.1. The molecule has 1 aliphatic rings. The molecule has 1 atom stereocenters. The molecule has 1 aliphatic heterocycles. The molecule has 0 amide bonds. The van der Waals surface area contributed by atoms with Crippen LogP contribution in [-0.2, 0) is 26.5 Å². The smallest absolute Gasteiger partial charge is 0.366 e. The second-order valence-corrected chi connectivity index (χ2v) is 15.1. The van der Waals surface area contributed by atoms with Crippen molar-refractivity contribution < 1.29 is 26.2 Å². The Labute approximate surface area is 210 Å². The van der Waals surface area contributed by atoms with Crippen LogP contribution in [0.2, 0.25) is 0 Å². The first-order chi connectivity index (χ1) is 16.5. The minimum absolute atomic E-state index is 0.0146. The summed E-state index contributed by atoms with van der Waals surface area (Å²) in [5, 5.41) is 5.24. The molecule has 6 nitrogen and oxygen atoms in total. The van der Waals surface area contributed by atoms with E-state index in [0.717, 1.165) is 11.8 Å². The monoisotopic (exact) mass is 541 g/mol. The van der Waals surface area contributed by atoms with Crippen LogP contribution in [0.3, 0.4) is 0 Å². The summed E-state index contributed by atoms with van der Waals surface area (Å²) in [5.74, 6) is 0. The van der Waals surface area contributed by atoms with Gasteiger partial charge in [0.15, 0.2) is 9.84 Å². The molecule has 11 heteroatoms. The van der Waals surface area contributed by atoms with Crippen molar-refractivity contribution in [3.05, 3.63) is 77.1 Å². The van der Waals surface area contributed by atoms with Crippen molar-refractivity contribution in [2.45, 2.75) is 49.2 Å². The van der Waals surface area contributed by atoms with Gasteiger partial charge in [0.05, 0.1) is 27.1 Å².